The largest absolute Gasteiger partial charge is 0.531 e. The number of ether oxygens (including phenoxy) is 1. The standard InChI is InChI=1S/C54H68Cl2N5O10P/c1-53(2,3)70-72(67,71-54(4,5)6)69-45-31-43-51(41-21-14-12-19-39(41)45)37(33-56)35-61(43)47(63)23-17-22-46(62)60-34-36(32-55)50-40-20-13-11-18-38(40)44(30-42(50)60)68-52(66)58(8)29-28-57(7)26-15-9-10-16-27-59-48(64)24-25-49(59)65/h11-14,18-21,24-25,30-31,36-37H,9-10,15-17,22-23,26-29,32-35H2,1-8H3/t36-,37-/m1/s1. The maximum absolute atomic E-state index is 14.4. The van der Waals surface area contributed by atoms with Gasteiger partial charge in [0, 0.05) is 111 Å². The molecule has 2 atom stereocenters. The monoisotopic (exact) mass is 1050 g/mol. The molecule has 0 unspecified atom stereocenters. The van der Waals surface area contributed by atoms with Crippen molar-refractivity contribution < 1.29 is 46.8 Å². The smallest absolute Gasteiger partial charge is 0.409 e. The van der Waals surface area contributed by atoms with Crippen molar-refractivity contribution in [3.05, 3.63) is 83.9 Å². The average molecular weight is 1050 g/mol. The predicted octanol–water partition coefficient (Wildman–Crippen LogP) is 11.2. The van der Waals surface area contributed by atoms with Crippen molar-refractivity contribution in [3.63, 3.8) is 0 Å². The zero-order chi connectivity index (χ0) is 52.1. The van der Waals surface area contributed by atoms with Gasteiger partial charge in [0.1, 0.15) is 11.5 Å². The van der Waals surface area contributed by atoms with Gasteiger partial charge in [-0.25, -0.2) is 9.36 Å². The number of phosphoric ester groups is 1. The average Bonchev–Trinajstić information content (AvgIpc) is 3.99. The second-order valence-corrected chi connectivity index (χ2v) is 22.9. The Balaban J connectivity index is 0.999. The number of nitrogens with zero attached hydrogens (tertiary/aromatic N) is 5. The Morgan fingerprint density at radius 1 is 0.653 bits per heavy atom. The molecule has 3 aliphatic heterocycles. The van der Waals surface area contributed by atoms with Crippen LogP contribution in [-0.4, -0.2) is 121 Å². The van der Waals surface area contributed by atoms with Crippen LogP contribution in [0.5, 0.6) is 11.5 Å². The summed E-state index contributed by atoms with van der Waals surface area (Å²) < 4.78 is 38.7. The molecule has 4 aromatic carbocycles. The van der Waals surface area contributed by atoms with E-state index in [2.05, 4.69) is 4.90 Å². The molecule has 0 bridgehead atoms. The number of amides is 5. The number of carbonyl (C=O) groups excluding carboxylic acids is 5. The Labute approximate surface area is 433 Å². The van der Waals surface area contributed by atoms with E-state index >= 15 is 0 Å². The highest BCUT2D eigenvalue weighted by atomic mass is 35.5. The van der Waals surface area contributed by atoms with Gasteiger partial charge >= 0.3 is 13.9 Å². The maximum atomic E-state index is 14.4. The van der Waals surface area contributed by atoms with E-state index in [0.717, 1.165) is 59.5 Å². The Morgan fingerprint density at radius 3 is 1.62 bits per heavy atom. The van der Waals surface area contributed by atoms with Gasteiger partial charge in [-0.1, -0.05) is 61.4 Å². The molecule has 0 N–H and O–H groups in total. The molecule has 388 valence electrons. The summed E-state index contributed by atoms with van der Waals surface area (Å²) in [6, 6.07) is 18.7. The zero-order valence-electron chi connectivity index (χ0n) is 42.7. The summed E-state index contributed by atoms with van der Waals surface area (Å²) in [4.78, 5) is 74.0. The highest BCUT2D eigenvalue weighted by Crippen LogP contribution is 2.58. The van der Waals surface area contributed by atoms with Crippen LogP contribution in [0.2, 0.25) is 0 Å². The van der Waals surface area contributed by atoms with Crippen LogP contribution in [0.3, 0.4) is 0 Å². The van der Waals surface area contributed by atoms with E-state index in [9.17, 15) is 28.5 Å². The summed E-state index contributed by atoms with van der Waals surface area (Å²) in [6.07, 6.45) is 6.02. The number of benzene rings is 4. The summed E-state index contributed by atoms with van der Waals surface area (Å²) in [6.45, 7) is 13.6. The first-order chi connectivity index (χ1) is 34.1. The van der Waals surface area contributed by atoms with Gasteiger partial charge in [0.05, 0.1) is 22.6 Å². The molecule has 0 aliphatic carbocycles. The van der Waals surface area contributed by atoms with Gasteiger partial charge in [-0.05, 0) is 96.3 Å². The molecular weight excluding hydrogens is 980 g/mol. The number of likely N-dealkylation sites (N-methyl/N-ethyl adjacent to an activating group) is 2. The molecule has 4 aromatic rings. The number of anilines is 2. The number of alkyl halides is 2. The highest BCUT2D eigenvalue weighted by molar-refractivity contribution is 7.49. The van der Waals surface area contributed by atoms with Crippen LogP contribution in [-0.2, 0) is 32.8 Å². The molecule has 72 heavy (non-hydrogen) atoms. The van der Waals surface area contributed by atoms with Crippen LogP contribution < -0.4 is 19.1 Å². The normalized spacial score (nSPS) is 16.9. The minimum atomic E-state index is -4.22. The number of unbranched alkanes of at least 4 members (excludes halogenated alkanes) is 3. The molecule has 3 aliphatic rings. The SMILES string of the molecule is CN(CCCCCCN1C(=O)C=CC1=O)CCN(C)C(=O)Oc1cc2c(c3ccccc13)[C@H](CCl)CN2C(=O)CCCC(=O)N1C[C@@H](CCl)c2c1cc(OP(=O)(OC(C)(C)C)OC(C)(C)C)c1ccccc21. The summed E-state index contributed by atoms with van der Waals surface area (Å²) in [5, 5.41) is 3.05. The fourth-order valence-electron chi connectivity index (χ4n) is 9.57. The third-order valence-electron chi connectivity index (χ3n) is 12.9. The molecule has 0 aromatic heterocycles. The van der Waals surface area contributed by atoms with Gasteiger partial charge < -0.3 is 28.9 Å². The third-order valence-corrected chi connectivity index (χ3v) is 15.6. The first-order valence-corrected chi connectivity index (χ1v) is 27.3. The Kier molecular flexibility index (Phi) is 17.5. The Bertz CT molecular complexity index is 2740. The van der Waals surface area contributed by atoms with E-state index in [4.69, 9.17) is 41.5 Å². The molecule has 5 amide bonds. The first kappa shape index (κ1) is 54.7. The van der Waals surface area contributed by atoms with Crippen molar-refractivity contribution in [1.82, 2.24) is 14.7 Å². The van der Waals surface area contributed by atoms with Gasteiger partial charge in [0.25, 0.3) is 11.8 Å². The number of hydrogen-bond donors (Lipinski definition) is 0. The lowest BCUT2D eigenvalue weighted by molar-refractivity contribution is -0.137. The van der Waals surface area contributed by atoms with E-state index in [0.29, 0.717) is 55.2 Å². The maximum Gasteiger partial charge on any atom is 0.531 e. The van der Waals surface area contributed by atoms with Gasteiger partial charge in [-0.3, -0.25) is 33.1 Å². The lowest BCUT2D eigenvalue weighted by Crippen LogP contribution is -2.36. The number of imide groups is 1. The lowest BCUT2D eigenvalue weighted by Gasteiger charge is -2.31. The van der Waals surface area contributed by atoms with E-state index in [-0.39, 0.29) is 72.2 Å². The number of phosphoric acid groups is 1. The molecule has 18 heteroatoms. The molecule has 0 fully saturated rings. The highest BCUT2D eigenvalue weighted by Gasteiger charge is 2.41. The Hall–Kier alpha value is -5.02. The summed E-state index contributed by atoms with van der Waals surface area (Å²) in [5.41, 5.74) is 1.26. The van der Waals surface area contributed by atoms with Gasteiger partial charge in [0.15, 0.2) is 0 Å². The fourth-order valence-corrected chi connectivity index (χ4v) is 11.9. The molecule has 0 radical (unpaired) electrons. The van der Waals surface area contributed by atoms with Crippen LogP contribution in [0, 0.1) is 0 Å². The molecule has 0 spiro atoms. The Morgan fingerprint density at radius 2 is 1.12 bits per heavy atom. The number of hydrogen-bond acceptors (Lipinski definition) is 11. The van der Waals surface area contributed by atoms with Gasteiger partial charge in [-0.15, -0.1) is 23.2 Å². The molecule has 15 nitrogen and oxygen atoms in total. The van der Waals surface area contributed by atoms with E-state index < -0.39 is 25.1 Å². The topological polar surface area (TPSA) is 156 Å². The molecule has 0 saturated carbocycles. The van der Waals surface area contributed by atoms with Gasteiger partial charge in [-0.2, -0.15) is 0 Å². The number of rotatable bonds is 21. The van der Waals surface area contributed by atoms with Crippen LogP contribution in [0.15, 0.2) is 72.8 Å². The molecule has 3 heterocycles. The first-order valence-electron chi connectivity index (χ1n) is 24.8. The summed E-state index contributed by atoms with van der Waals surface area (Å²) in [7, 11) is -0.524. The van der Waals surface area contributed by atoms with Crippen molar-refractivity contribution in [2.45, 2.75) is 110 Å². The fraction of sp³-hybridized carbons (Fsp3) is 0.500. The number of carbonyl (C=O) groups is 5. The van der Waals surface area contributed by atoms with Crippen molar-refractivity contribution in [2.24, 2.45) is 0 Å². The molecule has 0 saturated heterocycles. The minimum Gasteiger partial charge on any atom is -0.409 e. The molecular formula is C54H68Cl2N5O10P. The quantitative estimate of drug-likeness (QED) is 0.0339. The third kappa shape index (κ3) is 13.0. The van der Waals surface area contributed by atoms with Crippen molar-refractivity contribution in [2.75, 3.05) is 74.9 Å². The number of fused-ring (bicyclic) bond motifs is 6. The van der Waals surface area contributed by atoms with Crippen molar-refractivity contribution in [3.8, 4) is 11.5 Å². The van der Waals surface area contributed by atoms with Crippen LogP contribution in [0.4, 0.5) is 16.2 Å². The summed E-state index contributed by atoms with van der Waals surface area (Å²) >= 11 is 13.2. The van der Waals surface area contributed by atoms with E-state index in [1.165, 1.54) is 22.0 Å². The van der Waals surface area contributed by atoms with Crippen LogP contribution >= 0.6 is 31.0 Å². The van der Waals surface area contributed by atoms with Crippen LogP contribution in [0.25, 0.3) is 21.5 Å². The van der Waals surface area contributed by atoms with E-state index in [1.807, 2.05) is 55.6 Å². The lowest BCUT2D eigenvalue weighted by atomic mass is 9.95. The second-order valence-electron chi connectivity index (χ2n) is 20.9. The van der Waals surface area contributed by atoms with Crippen LogP contribution in [0.1, 0.15) is 109 Å². The summed E-state index contributed by atoms with van der Waals surface area (Å²) in [5.74, 6) is -0.161. The van der Waals surface area contributed by atoms with Crippen molar-refractivity contribution >= 4 is 93.7 Å². The zero-order valence-corrected chi connectivity index (χ0v) is 45.1. The van der Waals surface area contributed by atoms with Crippen molar-refractivity contribution in [1.29, 1.82) is 0 Å². The minimum absolute atomic E-state index is 0.0625. The second kappa shape index (κ2) is 23.0. The van der Waals surface area contributed by atoms with Gasteiger partial charge in [0.2, 0.25) is 11.8 Å². The molecule has 7 rings (SSSR count). The number of halogens is 2. The van der Waals surface area contributed by atoms with E-state index in [1.54, 1.807) is 70.5 Å². The predicted molar refractivity (Wildman–Crippen MR) is 284 cm³/mol.